The molecule has 5 rings (SSSR count). The molecule has 0 unspecified atom stereocenters. The number of imide groups is 2. The molecule has 1 aromatic heterocycles. The molecule has 2 aliphatic rings. The second-order valence-corrected chi connectivity index (χ2v) is 12.5. The normalized spacial score (nSPS) is 15.9. The van der Waals surface area contributed by atoms with Crippen LogP contribution in [0.3, 0.4) is 0 Å². The van der Waals surface area contributed by atoms with Crippen molar-refractivity contribution in [3.05, 3.63) is 69.8 Å². The van der Waals surface area contributed by atoms with E-state index < -0.39 is 38.3 Å². The summed E-state index contributed by atoms with van der Waals surface area (Å²) in [5, 5.41) is 0. The van der Waals surface area contributed by atoms with E-state index in [2.05, 4.69) is 59.5 Å². The molecule has 6 nitrogen and oxygen atoms in total. The van der Waals surface area contributed by atoms with Crippen molar-refractivity contribution in [2.45, 2.75) is 0 Å². The second-order valence-electron chi connectivity index (χ2n) is 7.12. The van der Waals surface area contributed by atoms with Crippen LogP contribution in [0.4, 0.5) is 19.9 Å². The minimum absolute atomic E-state index is 0.0402. The molecule has 0 spiro atoms. The van der Waals surface area contributed by atoms with Crippen molar-refractivity contribution in [1.29, 1.82) is 0 Å². The van der Waals surface area contributed by atoms with Gasteiger partial charge in [0.25, 0.3) is 0 Å². The van der Waals surface area contributed by atoms with Crippen LogP contribution < -0.4 is 13.8 Å². The van der Waals surface area contributed by atoms with Crippen LogP contribution in [0.15, 0.2) is 66.2 Å². The van der Waals surface area contributed by atoms with Crippen molar-refractivity contribution < 1.29 is 14.4 Å². The van der Waals surface area contributed by atoms with Crippen molar-refractivity contribution in [2.75, 3.05) is 19.0 Å². The number of rotatable bonds is 2. The summed E-state index contributed by atoms with van der Waals surface area (Å²) in [5.41, 5.74) is 2.45. The number of hydrogen-bond acceptors (Lipinski definition) is 4. The minimum atomic E-state index is -0.840. The molecule has 3 heterocycles. The van der Waals surface area contributed by atoms with Crippen molar-refractivity contribution in [3.8, 4) is 0 Å². The first-order chi connectivity index (χ1) is 15.0. The van der Waals surface area contributed by atoms with Crippen molar-refractivity contribution in [2.24, 2.45) is 0 Å². The Morgan fingerprint density at radius 1 is 0.774 bits per heavy atom. The maximum absolute atomic E-state index is 12.5. The van der Waals surface area contributed by atoms with E-state index in [-0.39, 0.29) is 20.5 Å². The summed E-state index contributed by atoms with van der Waals surface area (Å²) in [5.74, 6) is -1.10. The quantitative estimate of drug-likeness (QED) is 0.203. The van der Waals surface area contributed by atoms with E-state index in [9.17, 15) is 14.4 Å². The fourth-order valence-electron chi connectivity index (χ4n) is 3.60. The van der Waals surface area contributed by atoms with Gasteiger partial charge in [0, 0.05) is 0 Å². The topological polar surface area (TPSA) is 60.9 Å². The Kier molecular flexibility index (Phi) is 5.11. The monoisotopic (exact) mass is 593 g/mol. The third-order valence-corrected chi connectivity index (χ3v) is 10.5. The van der Waals surface area contributed by atoms with Crippen LogP contribution in [0, 0.1) is 0 Å². The van der Waals surface area contributed by atoms with Gasteiger partial charge in [-0.3, -0.25) is 0 Å². The second kappa shape index (κ2) is 7.81. The number of urea groups is 1. The van der Waals surface area contributed by atoms with E-state index in [0.29, 0.717) is 0 Å². The molecule has 31 heavy (non-hydrogen) atoms. The average molecular weight is 590 g/mol. The molecule has 154 valence electrons. The van der Waals surface area contributed by atoms with E-state index >= 15 is 0 Å². The Morgan fingerprint density at radius 3 is 1.90 bits per heavy atom. The van der Waals surface area contributed by atoms with Crippen LogP contribution in [-0.4, -0.2) is 77.1 Å². The first-order valence-corrected chi connectivity index (χ1v) is 13.6. The van der Waals surface area contributed by atoms with Crippen molar-refractivity contribution in [3.63, 3.8) is 0 Å². The molecule has 4 amide bonds. The van der Waals surface area contributed by atoms with Crippen LogP contribution in [0.1, 0.15) is 3.58 Å². The van der Waals surface area contributed by atoms with Crippen molar-refractivity contribution in [1.82, 2.24) is 9.80 Å². The Morgan fingerprint density at radius 2 is 1.32 bits per heavy atom. The molecule has 2 aromatic carbocycles. The molecule has 3 aromatic rings. The molecule has 0 saturated carbocycles. The Bertz CT molecular complexity index is 1210. The first kappa shape index (κ1) is 20.3. The number of likely N-dealkylation sites (N-methyl/N-ethyl adjacent to an activating group) is 2. The first-order valence-electron chi connectivity index (χ1n) is 9.53. The zero-order valence-corrected chi connectivity index (χ0v) is 20.8. The van der Waals surface area contributed by atoms with Crippen LogP contribution in [0.2, 0.25) is 0 Å². The molecule has 0 aliphatic carbocycles. The van der Waals surface area contributed by atoms with Gasteiger partial charge in [-0.1, -0.05) is 0 Å². The Hall–Kier alpha value is -2.62. The number of para-hydroxylation sites is 2. The summed E-state index contributed by atoms with van der Waals surface area (Å²) in [7, 11) is 2.79. The zero-order valence-electron chi connectivity index (χ0n) is 16.7. The number of hydrogen-bond donors (Lipinski definition) is 0. The van der Waals surface area contributed by atoms with Crippen LogP contribution in [0.25, 0.3) is 6.08 Å². The summed E-state index contributed by atoms with van der Waals surface area (Å²) < 4.78 is 4.88. The molecule has 8 heteroatoms. The molecule has 2 aliphatic heterocycles. The van der Waals surface area contributed by atoms with Crippen LogP contribution in [0.5, 0.6) is 0 Å². The number of nitrogens with zero attached hydrogens (tertiary/aromatic N) is 3. The molecule has 1 saturated heterocycles. The summed E-state index contributed by atoms with van der Waals surface area (Å²) in [6.45, 7) is 0. The van der Waals surface area contributed by atoms with Crippen molar-refractivity contribution >= 4 is 83.3 Å². The van der Waals surface area contributed by atoms with Gasteiger partial charge < -0.3 is 0 Å². The van der Waals surface area contributed by atoms with Gasteiger partial charge in [-0.2, -0.15) is 0 Å². The summed E-state index contributed by atoms with van der Waals surface area (Å²) in [4.78, 5) is 41.4. The number of benzene rings is 2. The zero-order chi connectivity index (χ0) is 21.7. The predicted molar refractivity (Wildman–Crippen MR) is 122 cm³/mol. The number of barbiturate groups is 1. The molecular formula is C23H17N3O3SeTe. The molecule has 0 radical (unpaired) electrons. The van der Waals surface area contributed by atoms with Gasteiger partial charge in [-0.25, -0.2) is 0 Å². The molecular weight excluding hydrogens is 573 g/mol. The summed E-state index contributed by atoms with van der Waals surface area (Å²) >= 11 is -0.586. The van der Waals surface area contributed by atoms with Gasteiger partial charge in [-0.05, 0) is 0 Å². The Balaban J connectivity index is 1.57. The van der Waals surface area contributed by atoms with Gasteiger partial charge in [0.05, 0.1) is 0 Å². The summed E-state index contributed by atoms with van der Waals surface area (Å²) in [6.07, 6.45) is 1.67. The summed E-state index contributed by atoms with van der Waals surface area (Å²) in [6, 6.07) is 20.4. The van der Waals surface area contributed by atoms with E-state index in [1.807, 2.05) is 6.07 Å². The maximum atomic E-state index is 12.5. The standard InChI is InChI=1S/C23H17N3O3SeTe/c1-24-21(27)15(22(28)25(2)23(24)29)13-14-11-12-20(31-14)26-16-7-3-5-9-18(16)30-19-10-6-4-8-17(19)26/h3-13H,1-2H3. The van der Waals surface area contributed by atoms with Gasteiger partial charge in [0.15, 0.2) is 0 Å². The van der Waals surface area contributed by atoms with Gasteiger partial charge in [0.1, 0.15) is 0 Å². The van der Waals surface area contributed by atoms with Gasteiger partial charge >= 0.3 is 196 Å². The molecule has 0 bridgehead atoms. The fourth-order valence-corrected chi connectivity index (χ4v) is 8.61. The third-order valence-electron chi connectivity index (χ3n) is 5.20. The number of carbonyl (C=O) groups is 3. The SMILES string of the molecule is CN1C(=O)C(=Cc2ccc(N3c4ccccc4[Se]c4ccccc43)[te]2)C(=O)N(C)C1=O. The van der Waals surface area contributed by atoms with Crippen LogP contribution >= 0.6 is 0 Å². The number of amides is 4. The van der Waals surface area contributed by atoms with E-state index in [1.54, 1.807) is 6.08 Å². The molecule has 1 fully saturated rings. The number of fused-ring (bicyclic) bond motifs is 2. The fraction of sp³-hybridized carbons (Fsp3) is 0.0870. The molecule has 0 atom stereocenters. The van der Waals surface area contributed by atoms with E-state index in [0.717, 1.165) is 13.4 Å². The van der Waals surface area contributed by atoms with Gasteiger partial charge in [-0.15, -0.1) is 0 Å². The number of anilines is 3. The average Bonchev–Trinajstić information content (AvgIpc) is 3.25. The predicted octanol–water partition coefficient (Wildman–Crippen LogP) is 1.62. The number of carbonyl (C=O) groups excluding carboxylic acids is 3. The van der Waals surface area contributed by atoms with Crippen LogP contribution in [-0.2, 0) is 9.59 Å². The Labute approximate surface area is 195 Å². The third kappa shape index (κ3) is 3.37. The van der Waals surface area contributed by atoms with E-state index in [4.69, 9.17) is 0 Å². The molecule has 0 N–H and O–H groups in total. The van der Waals surface area contributed by atoms with E-state index in [1.165, 1.54) is 38.1 Å². The van der Waals surface area contributed by atoms with Gasteiger partial charge in [0.2, 0.25) is 0 Å².